The summed E-state index contributed by atoms with van der Waals surface area (Å²) in [6.07, 6.45) is 5.14. The third kappa shape index (κ3) is 3.12. The highest BCUT2D eigenvalue weighted by Crippen LogP contribution is 2.12. The molecule has 1 amide bonds. The summed E-state index contributed by atoms with van der Waals surface area (Å²) in [6, 6.07) is 8.85. The molecule has 0 spiro atoms. The van der Waals surface area contributed by atoms with Crippen LogP contribution in [0.25, 0.3) is 10.8 Å². The molecular formula is C16H16N2O3. The van der Waals surface area contributed by atoms with Gasteiger partial charge in [0.15, 0.2) is 0 Å². The summed E-state index contributed by atoms with van der Waals surface area (Å²) in [4.78, 5) is 24.7. The summed E-state index contributed by atoms with van der Waals surface area (Å²) in [7, 11) is 1.55. The van der Waals surface area contributed by atoms with E-state index in [4.69, 9.17) is 11.2 Å². The molecule has 0 aliphatic heterocycles. The van der Waals surface area contributed by atoms with Gasteiger partial charge in [-0.25, -0.2) is 0 Å². The molecule has 1 N–H and O–H groups in total. The van der Waals surface area contributed by atoms with E-state index in [1.165, 1.54) is 4.57 Å². The lowest BCUT2D eigenvalue weighted by atomic mass is 10.1. The number of methoxy groups -OCH3 is 1. The summed E-state index contributed by atoms with van der Waals surface area (Å²) >= 11 is 0. The number of hydrogen-bond acceptors (Lipinski definition) is 3. The molecule has 5 nitrogen and oxygen atoms in total. The number of carbonyl (C=O) groups excluding carboxylic acids is 1. The average molecular weight is 284 g/mol. The van der Waals surface area contributed by atoms with E-state index in [-0.39, 0.29) is 23.7 Å². The molecule has 0 atom stereocenters. The van der Waals surface area contributed by atoms with Gasteiger partial charge in [-0.15, -0.1) is 6.42 Å². The number of terminal acetylenes is 1. The highest BCUT2D eigenvalue weighted by Gasteiger charge is 2.14. The standard InChI is InChI=1S/C16H16N2O3/c1-3-8-17-15(19)14-11-12-6-4-5-7-13(12)16(20)18(14)9-10-21-2/h1,4-7,11H,8-10H2,2H3,(H,17,19). The molecule has 1 aromatic heterocycles. The lowest BCUT2D eigenvalue weighted by Crippen LogP contribution is -2.33. The quantitative estimate of drug-likeness (QED) is 0.834. The van der Waals surface area contributed by atoms with Crippen molar-refractivity contribution in [3.8, 4) is 12.3 Å². The molecule has 108 valence electrons. The second-order valence-electron chi connectivity index (χ2n) is 4.45. The van der Waals surface area contributed by atoms with Crippen LogP contribution in [0, 0.1) is 12.3 Å². The molecule has 2 rings (SSSR count). The maximum absolute atomic E-state index is 12.5. The zero-order valence-corrected chi connectivity index (χ0v) is 11.8. The summed E-state index contributed by atoms with van der Waals surface area (Å²) in [5.41, 5.74) is 0.0713. The van der Waals surface area contributed by atoms with Crippen LogP contribution in [-0.2, 0) is 11.3 Å². The molecule has 0 radical (unpaired) electrons. The van der Waals surface area contributed by atoms with Crippen molar-refractivity contribution in [2.24, 2.45) is 0 Å². The summed E-state index contributed by atoms with van der Waals surface area (Å²) < 4.78 is 6.42. The topological polar surface area (TPSA) is 60.3 Å². The van der Waals surface area contributed by atoms with Gasteiger partial charge in [0.05, 0.1) is 13.2 Å². The summed E-state index contributed by atoms with van der Waals surface area (Å²) in [5.74, 6) is 1.97. The van der Waals surface area contributed by atoms with Crippen LogP contribution >= 0.6 is 0 Å². The number of rotatable bonds is 5. The van der Waals surface area contributed by atoms with Crippen molar-refractivity contribution in [2.75, 3.05) is 20.3 Å². The van der Waals surface area contributed by atoms with Crippen LogP contribution in [0.5, 0.6) is 0 Å². The van der Waals surface area contributed by atoms with Crippen LogP contribution in [0.1, 0.15) is 10.5 Å². The van der Waals surface area contributed by atoms with Crippen LogP contribution in [0.3, 0.4) is 0 Å². The smallest absolute Gasteiger partial charge is 0.268 e. The van der Waals surface area contributed by atoms with E-state index in [1.807, 2.05) is 6.07 Å². The van der Waals surface area contributed by atoms with Gasteiger partial charge < -0.3 is 14.6 Å². The van der Waals surface area contributed by atoms with Gasteiger partial charge >= 0.3 is 0 Å². The number of pyridine rings is 1. The Bertz CT molecular complexity index is 756. The molecule has 0 saturated carbocycles. The molecule has 0 saturated heterocycles. The number of nitrogens with one attached hydrogen (secondary N) is 1. The van der Waals surface area contributed by atoms with E-state index >= 15 is 0 Å². The third-order valence-corrected chi connectivity index (χ3v) is 3.12. The van der Waals surface area contributed by atoms with E-state index in [0.29, 0.717) is 18.5 Å². The monoisotopic (exact) mass is 284 g/mol. The lowest BCUT2D eigenvalue weighted by molar-refractivity contribution is 0.0945. The molecule has 5 heteroatoms. The first kappa shape index (κ1) is 14.8. The average Bonchev–Trinajstić information content (AvgIpc) is 2.51. The summed E-state index contributed by atoms with van der Waals surface area (Å²) in [6.45, 7) is 0.761. The van der Waals surface area contributed by atoms with E-state index in [0.717, 1.165) is 5.39 Å². The number of ether oxygens (including phenoxy) is 1. The van der Waals surface area contributed by atoms with Crippen LogP contribution < -0.4 is 10.9 Å². The van der Waals surface area contributed by atoms with E-state index in [9.17, 15) is 9.59 Å². The molecule has 1 aromatic carbocycles. The Hall–Kier alpha value is -2.58. The van der Waals surface area contributed by atoms with Crippen LogP contribution in [-0.4, -0.2) is 30.7 Å². The Morgan fingerprint density at radius 1 is 1.43 bits per heavy atom. The number of fused-ring (bicyclic) bond motifs is 1. The second-order valence-corrected chi connectivity index (χ2v) is 4.45. The van der Waals surface area contributed by atoms with E-state index in [2.05, 4.69) is 11.2 Å². The van der Waals surface area contributed by atoms with Crippen molar-refractivity contribution < 1.29 is 9.53 Å². The fraction of sp³-hybridized carbons (Fsp3) is 0.250. The van der Waals surface area contributed by atoms with E-state index < -0.39 is 0 Å². The minimum absolute atomic E-state index is 0.115. The molecule has 0 fully saturated rings. The van der Waals surface area contributed by atoms with Gasteiger partial charge in [0.1, 0.15) is 5.69 Å². The first-order valence-corrected chi connectivity index (χ1v) is 6.52. The second kappa shape index (κ2) is 6.73. The SMILES string of the molecule is C#CCNC(=O)c1cc2ccccc2c(=O)n1CCOC. The molecule has 0 bridgehead atoms. The molecule has 1 heterocycles. The van der Waals surface area contributed by atoms with Gasteiger partial charge in [0.2, 0.25) is 0 Å². The first-order valence-electron chi connectivity index (χ1n) is 6.52. The molecule has 0 aliphatic rings. The highest BCUT2D eigenvalue weighted by molar-refractivity contribution is 5.96. The van der Waals surface area contributed by atoms with Gasteiger partial charge in [0.25, 0.3) is 11.5 Å². The molecule has 21 heavy (non-hydrogen) atoms. The Balaban J connectivity index is 2.58. The minimum atomic E-state index is -0.369. The van der Waals surface area contributed by atoms with Crippen molar-refractivity contribution in [3.63, 3.8) is 0 Å². The number of benzene rings is 1. The Morgan fingerprint density at radius 3 is 2.90 bits per heavy atom. The Morgan fingerprint density at radius 2 is 2.19 bits per heavy atom. The largest absolute Gasteiger partial charge is 0.383 e. The first-order chi connectivity index (χ1) is 10.2. The van der Waals surface area contributed by atoms with Crippen molar-refractivity contribution >= 4 is 16.7 Å². The molecule has 2 aromatic rings. The maximum atomic E-state index is 12.5. The summed E-state index contributed by atoms with van der Waals surface area (Å²) in [5, 5.41) is 3.88. The predicted octanol–water partition coefficient (Wildman–Crippen LogP) is 1.01. The van der Waals surface area contributed by atoms with Crippen molar-refractivity contribution in [1.29, 1.82) is 0 Å². The van der Waals surface area contributed by atoms with Gasteiger partial charge in [-0.2, -0.15) is 0 Å². The normalized spacial score (nSPS) is 10.3. The number of nitrogens with zero attached hydrogens (tertiary/aromatic N) is 1. The number of hydrogen-bond donors (Lipinski definition) is 1. The fourth-order valence-corrected chi connectivity index (χ4v) is 2.11. The van der Waals surface area contributed by atoms with Crippen LogP contribution in [0.2, 0.25) is 0 Å². The zero-order chi connectivity index (χ0) is 15.2. The van der Waals surface area contributed by atoms with Gasteiger partial charge in [-0.05, 0) is 17.5 Å². The molecule has 0 unspecified atom stereocenters. The van der Waals surface area contributed by atoms with Crippen LogP contribution in [0.4, 0.5) is 0 Å². The van der Waals surface area contributed by atoms with Gasteiger partial charge in [-0.1, -0.05) is 24.1 Å². The maximum Gasteiger partial charge on any atom is 0.268 e. The van der Waals surface area contributed by atoms with E-state index in [1.54, 1.807) is 31.4 Å². The Kier molecular flexibility index (Phi) is 4.75. The zero-order valence-electron chi connectivity index (χ0n) is 11.8. The predicted molar refractivity (Wildman–Crippen MR) is 81.3 cm³/mol. The van der Waals surface area contributed by atoms with Crippen molar-refractivity contribution in [3.05, 3.63) is 46.4 Å². The number of carbonyl (C=O) groups is 1. The highest BCUT2D eigenvalue weighted by atomic mass is 16.5. The molecular weight excluding hydrogens is 268 g/mol. The van der Waals surface area contributed by atoms with Crippen molar-refractivity contribution in [2.45, 2.75) is 6.54 Å². The minimum Gasteiger partial charge on any atom is -0.383 e. The lowest BCUT2D eigenvalue weighted by Gasteiger charge is -2.13. The third-order valence-electron chi connectivity index (χ3n) is 3.12. The van der Waals surface area contributed by atoms with Crippen molar-refractivity contribution in [1.82, 2.24) is 9.88 Å². The fourth-order valence-electron chi connectivity index (χ4n) is 2.11. The number of amides is 1. The number of aromatic nitrogens is 1. The van der Waals surface area contributed by atoms with Gasteiger partial charge in [-0.3, -0.25) is 9.59 Å². The Labute approximate surface area is 122 Å². The molecule has 0 aliphatic carbocycles. The van der Waals surface area contributed by atoms with Gasteiger partial charge in [0, 0.05) is 19.0 Å². The van der Waals surface area contributed by atoms with Crippen LogP contribution in [0.15, 0.2) is 35.1 Å².